The van der Waals surface area contributed by atoms with Crippen LogP contribution in [-0.2, 0) is 11.2 Å². The zero-order valence-electron chi connectivity index (χ0n) is 13.2. The second-order valence-corrected chi connectivity index (χ2v) is 5.52. The summed E-state index contributed by atoms with van der Waals surface area (Å²) >= 11 is 0. The van der Waals surface area contributed by atoms with Gasteiger partial charge >= 0.3 is 0 Å². The van der Waals surface area contributed by atoms with Gasteiger partial charge in [-0.2, -0.15) is 4.52 Å². The maximum absolute atomic E-state index is 11.6. The van der Waals surface area contributed by atoms with Gasteiger partial charge in [0.1, 0.15) is 11.6 Å². The van der Waals surface area contributed by atoms with Crippen LogP contribution < -0.4 is 0 Å². The maximum Gasteiger partial charge on any atom is 0.163 e. The molecule has 0 unspecified atom stereocenters. The van der Waals surface area contributed by atoms with Crippen molar-refractivity contribution < 1.29 is 9.59 Å². The van der Waals surface area contributed by atoms with E-state index in [1.54, 1.807) is 35.7 Å². The minimum atomic E-state index is -0.0160. The first-order valence-corrected chi connectivity index (χ1v) is 7.28. The molecule has 0 amide bonds. The van der Waals surface area contributed by atoms with Crippen molar-refractivity contribution in [2.45, 2.75) is 27.2 Å². The van der Waals surface area contributed by atoms with Crippen molar-refractivity contribution in [1.82, 2.24) is 19.6 Å². The number of hydrogen-bond donors (Lipinski definition) is 0. The van der Waals surface area contributed by atoms with Crippen LogP contribution in [0.5, 0.6) is 0 Å². The molecule has 0 atom stereocenters. The Hall–Kier alpha value is -2.89. The van der Waals surface area contributed by atoms with Crippen LogP contribution in [0.15, 0.2) is 30.3 Å². The maximum atomic E-state index is 11.6. The summed E-state index contributed by atoms with van der Waals surface area (Å²) in [6, 6.07) is 8.97. The van der Waals surface area contributed by atoms with Gasteiger partial charge < -0.3 is 0 Å². The fraction of sp³-hybridized carbons (Fsp3) is 0.235. The molecule has 3 rings (SSSR count). The molecule has 6 nitrogen and oxygen atoms in total. The van der Waals surface area contributed by atoms with Crippen LogP contribution in [0.25, 0.3) is 17.0 Å². The lowest BCUT2D eigenvalue weighted by molar-refractivity contribution is -0.116. The fourth-order valence-corrected chi connectivity index (χ4v) is 2.46. The Kier molecular flexibility index (Phi) is 3.73. The molecule has 0 radical (unpaired) electrons. The predicted octanol–water partition coefficient (Wildman–Crippen LogP) is 2.43. The molecule has 2 heterocycles. The molecule has 0 bridgehead atoms. The first-order chi connectivity index (χ1) is 10.9. The van der Waals surface area contributed by atoms with E-state index in [0.29, 0.717) is 28.6 Å². The highest BCUT2D eigenvalue weighted by Gasteiger charge is 2.13. The van der Waals surface area contributed by atoms with Crippen molar-refractivity contribution in [1.29, 1.82) is 0 Å². The van der Waals surface area contributed by atoms with Gasteiger partial charge in [-0.15, -0.1) is 5.10 Å². The van der Waals surface area contributed by atoms with Crippen LogP contribution in [-0.4, -0.2) is 31.1 Å². The zero-order chi connectivity index (χ0) is 16.6. The van der Waals surface area contributed by atoms with Crippen LogP contribution in [0.1, 0.15) is 35.7 Å². The summed E-state index contributed by atoms with van der Waals surface area (Å²) < 4.78 is 1.64. The third-order valence-corrected chi connectivity index (χ3v) is 3.44. The highest BCUT2D eigenvalue weighted by molar-refractivity contribution is 5.95. The molecule has 0 spiro atoms. The van der Waals surface area contributed by atoms with Crippen molar-refractivity contribution in [3.05, 3.63) is 47.4 Å². The summed E-state index contributed by atoms with van der Waals surface area (Å²) in [6.07, 6.45) is 0.238. The molecular formula is C17H16N4O2. The molecular weight excluding hydrogens is 292 g/mol. The van der Waals surface area contributed by atoms with Gasteiger partial charge in [0.05, 0.1) is 5.69 Å². The van der Waals surface area contributed by atoms with Crippen molar-refractivity contribution >= 4 is 17.2 Å². The summed E-state index contributed by atoms with van der Waals surface area (Å²) in [5.74, 6) is 1.21. The average Bonchev–Trinajstić information content (AvgIpc) is 2.86. The Morgan fingerprint density at radius 3 is 2.61 bits per heavy atom. The van der Waals surface area contributed by atoms with E-state index in [4.69, 9.17) is 0 Å². The highest BCUT2D eigenvalue weighted by Crippen LogP contribution is 2.21. The molecule has 0 fully saturated rings. The quantitative estimate of drug-likeness (QED) is 0.692. The van der Waals surface area contributed by atoms with Crippen LogP contribution in [0, 0.1) is 6.92 Å². The third kappa shape index (κ3) is 3.01. The molecule has 0 aliphatic heterocycles. The smallest absolute Gasteiger partial charge is 0.163 e. The molecule has 2 aromatic heterocycles. The van der Waals surface area contributed by atoms with Gasteiger partial charge in [0.25, 0.3) is 0 Å². The summed E-state index contributed by atoms with van der Waals surface area (Å²) in [7, 11) is 0. The average molecular weight is 308 g/mol. The van der Waals surface area contributed by atoms with Crippen LogP contribution in [0.2, 0.25) is 0 Å². The molecule has 1 aromatic carbocycles. The van der Waals surface area contributed by atoms with Gasteiger partial charge in [0.2, 0.25) is 0 Å². The van der Waals surface area contributed by atoms with Crippen LogP contribution in [0.3, 0.4) is 0 Å². The Balaban J connectivity index is 2.24. The minimum absolute atomic E-state index is 0.0160. The van der Waals surface area contributed by atoms with Crippen molar-refractivity contribution in [3.63, 3.8) is 0 Å². The number of fused-ring (bicyclic) bond motifs is 1. The SMILES string of the molecule is CC(=O)Cc1cc2nc(C)nn2c(-c2cccc(C(C)=O)c2)n1. The van der Waals surface area contributed by atoms with Gasteiger partial charge in [-0.3, -0.25) is 9.59 Å². The largest absolute Gasteiger partial charge is 0.300 e. The van der Waals surface area contributed by atoms with Crippen molar-refractivity contribution in [3.8, 4) is 11.4 Å². The number of carbonyl (C=O) groups is 2. The molecule has 23 heavy (non-hydrogen) atoms. The van der Waals surface area contributed by atoms with E-state index in [0.717, 1.165) is 5.56 Å². The topological polar surface area (TPSA) is 77.2 Å². The number of Topliss-reactive ketones (excluding diaryl/α,β-unsaturated/α-hetero) is 2. The Labute approximate surface area is 133 Å². The van der Waals surface area contributed by atoms with E-state index < -0.39 is 0 Å². The number of rotatable bonds is 4. The van der Waals surface area contributed by atoms with Crippen molar-refractivity contribution in [2.24, 2.45) is 0 Å². The number of aryl methyl sites for hydroxylation is 1. The summed E-state index contributed by atoms with van der Waals surface area (Å²) in [5.41, 5.74) is 2.64. The molecule has 0 aliphatic carbocycles. The lowest BCUT2D eigenvalue weighted by atomic mass is 10.1. The first kappa shape index (κ1) is 15.0. The Morgan fingerprint density at radius 2 is 1.91 bits per heavy atom. The molecule has 116 valence electrons. The minimum Gasteiger partial charge on any atom is -0.300 e. The standard InChI is InChI=1S/C17H16N4O2/c1-10(22)7-15-9-16-18-12(3)20-21(16)17(19-15)14-6-4-5-13(8-14)11(2)23/h4-6,8-9H,7H2,1-3H3. The van der Waals surface area contributed by atoms with E-state index in [2.05, 4.69) is 15.1 Å². The predicted molar refractivity (Wildman–Crippen MR) is 85.3 cm³/mol. The zero-order valence-corrected chi connectivity index (χ0v) is 13.2. The third-order valence-electron chi connectivity index (χ3n) is 3.44. The van der Waals surface area contributed by atoms with Gasteiger partial charge in [0, 0.05) is 23.6 Å². The number of aromatic nitrogens is 4. The summed E-state index contributed by atoms with van der Waals surface area (Å²) in [4.78, 5) is 31.9. The number of ketones is 2. The number of benzene rings is 1. The Bertz CT molecular complexity index is 927. The molecule has 0 saturated heterocycles. The van der Waals surface area contributed by atoms with E-state index >= 15 is 0 Å². The first-order valence-electron chi connectivity index (χ1n) is 7.28. The highest BCUT2D eigenvalue weighted by atomic mass is 16.1. The van der Waals surface area contributed by atoms with E-state index in [-0.39, 0.29) is 18.0 Å². The number of nitrogens with zero attached hydrogens (tertiary/aromatic N) is 4. The van der Waals surface area contributed by atoms with Gasteiger partial charge in [-0.05, 0) is 26.8 Å². The fourth-order valence-electron chi connectivity index (χ4n) is 2.46. The summed E-state index contributed by atoms with van der Waals surface area (Å²) in [5, 5.41) is 4.36. The van der Waals surface area contributed by atoms with E-state index in [9.17, 15) is 9.59 Å². The van der Waals surface area contributed by atoms with Crippen LogP contribution >= 0.6 is 0 Å². The molecule has 0 saturated carbocycles. The lowest BCUT2D eigenvalue weighted by Gasteiger charge is -2.07. The molecule has 0 aliphatic rings. The van der Waals surface area contributed by atoms with Crippen molar-refractivity contribution in [2.75, 3.05) is 0 Å². The van der Waals surface area contributed by atoms with Gasteiger partial charge in [0.15, 0.2) is 17.3 Å². The van der Waals surface area contributed by atoms with Gasteiger partial charge in [-0.25, -0.2) is 9.97 Å². The number of carbonyl (C=O) groups excluding carboxylic acids is 2. The van der Waals surface area contributed by atoms with E-state index in [1.165, 1.54) is 13.8 Å². The molecule has 3 aromatic rings. The Morgan fingerprint density at radius 1 is 1.13 bits per heavy atom. The van der Waals surface area contributed by atoms with Gasteiger partial charge in [-0.1, -0.05) is 18.2 Å². The second-order valence-electron chi connectivity index (χ2n) is 5.52. The van der Waals surface area contributed by atoms with E-state index in [1.807, 2.05) is 6.07 Å². The summed E-state index contributed by atoms with van der Waals surface area (Å²) in [6.45, 7) is 4.85. The monoisotopic (exact) mass is 308 g/mol. The molecule has 6 heteroatoms. The second kappa shape index (κ2) is 5.72. The molecule has 0 N–H and O–H groups in total. The lowest BCUT2D eigenvalue weighted by Crippen LogP contribution is -2.06. The van der Waals surface area contributed by atoms with Crippen LogP contribution in [0.4, 0.5) is 0 Å². The number of hydrogen-bond acceptors (Lipinski definition) is 5. The normalized spacial score (nSPS) is 10.9.